The van der Waals surface area contributed by atoms with E-state index in [-0.39, 0.29) is 11.6 Å². The number of nitrogens with zero attached hydrogens (tertiary/aromatic N) is 5. The van der Waals surface area contributed by atoms with Gasteiger partial charge in [0.15, 0.2) is 11.6 Å². The topological polar surface area (TPSA) is 85.6 Å². The first-order valence-corrected chi connectivity index (χ1v) is 7.43. The van der Waals surface area contributed by atoms with Gasteiger partial charge >= 0.3 is 0 Å². The van der Waals surface area contributed by atoms with E-state index in [1.165, 1.54) is 29.3 Å². The van der Waals surface area contributed by atoms with Gasteiger partial charge in [-0.1, -0.05) is 0 Å². The first-order chi connectivity index (χ1) is 11.7. The normalized spacial score (nSPS) is 15.0. The lowest BCUT2D eigenvalue weighted by Crippen LogP contribution is -2.29. The Balaban J connectivity index is 1.55. The maximum atomic E-state index is 14.0. The summed E-state index contributed by atoms with van der Waals surface area (Å²) in [5.41, 5.74) is -0.706. The highest BCUT2D eigenvalue weighted by Crippen LogP contribution is 2.48. The van der Waals surface area contributed by atoms with Crippen LogP contribution < -0.4 is 5.32 Å². The van der Waals surface area contributed by atoms with E-state index in [0.717, 1.165) is 0 Å². The number of carbonyl (C=O) groups excluding carboxylic acids is 1. The highest BCUT2D eigenvalue weighted by molar-refractivity contribution is 6.00. The van der Waals surface area contributed by atoms with Crippen LogP contribution in [0.1, 0.15) is 18.5 Å². The van der Waals surface area contributed by atoms with Crippen molar-refractivity contribution in [3.8, 4) is 5.82 Å². The van der Waals surface area contributed by atoms with Crippen molar-refractivity contribution >= 4 is 11.7 Å². The first-order valence-electron chi connectivity index (χ1n) is 7.43. The molecule has 0 spiro atoms. The highest BCUT2D eigenvalue weighted by atomic mass is 19.1. The molecule has 3 aromatic rings. The van der Waals surface area contributed by atoms with Crippen LogP contribution in [-0.4, -0.2) is 30.6 Å². The quantitative estimate of drug-likeness (QED) is 0.792. The number of pyridine rings is 1. The summed E-state index contributed by atoms with van der Waals surface area (Å²) in [7, 11) is 0. The Morgan fingerprint density at radius 1 is 1.21 bits per heavy atom. The van der Waals surface area contributed by atoms with E-state index in [1.54, 1.807) is 24.5 Å². The van der Waals surface area contributed by atoms with Crippen LogP contribution in [-0.2, 0) is 10.2 Å². The second kappa shape index (κ2) is 5.48. The fourth-order valence-corrected chi connectivity index (χ4v) is 2.61. The van der Waals surface area contributed by atoms with Crippen LogP contribution in [0.2, 0.25) is 0 Å². The molecule has 0 atom stereocenters. The van der Waals surface area contributed by atoms with Crippen molar-refractivity contribution in [3.05, 3.63) is 60.7 Å². The number of nitrogens with one attached hydrogen (secondary N) is 1. The van der Waals surface area contributed by atoms with Crippen LogP contribution >= 0.6 is 0 Å². The zero-order valence-electron chi connectivity index (χ0n) is 12.6. The monoisotopic (exact) mass is 324 g/mol. The second-order valence-electron chi connectivity index (χ2n) is 5.58. The van der Waals surface area contributed by atoms with E-state index in [4.69, 9.17) is 0 Å². The van der Waals surface area contributed by atoms with Crippen molar-refractivity contribution in [2.24, 2.45) is 0 Å². The zero-order valence-corrected chi connectivity index (χ0v) is 12.6. The number of hydrogen-bond donors (Lipinski definition) is 1. The number of halogens is 1. The third kappa shape index (κ3) is 2.41. The Bertz CT molecular complexity index is 890. The summed E-state index contributed by atoms with van der Waals surface area (Å²) in [5, 5.41) is 7.00. The number of hydrogen-bond acceptors (Lipinski definition) is 5. The molecule has 1 aliphatic carbocycles. The molecule has 0 aromatic carbocycles. The standard InChI is InChI=1S/C16H13FN6O/c17-11-2-1-7-19-14(11)16(5-6-16)15(24)21-12-4-9-23(22-12)13-3-8-18-10-20-13/h1-4,7-10H,5-6H2,(H,21,22,24). The van der Waals surface area contributed by atoms with Gasteiger partial charge in [0.05, 0.1) is 11.1 Å². The molecule has 3 aromatic heterocycles. The minimum atomic E-state index is -0.899. The Labute approximate surface area is 136 Å². The second-order valence-corrected chi connectivity index (χ2v) is 5.58. The third-order valence-corrected chi connectivity index (χ3v) is 4.03. The average molecular weight is 324 g/mol. The van der Waals surface area contributed by atoms with E-state index in [0.29, 0.717) is 24.5 Å². The maximum Gasteiger partial charge on any atom is 0.237 e. The molecule has 0 aliphatic heterocycles. The molecule has 0 radical (unpaired) electrons. The molecule has 3 heterocycles. The van der Waals surface area contributed by atoms with Crippen molar-refractivity contribution in [2.75, 3.05) is 5.32 Å². The molecule has 1 fully saturated rings. The third-order valence-electron chi connectivity index (χ3n) is 4.03. The molecule has 24 heavy (non-hydrogen) atoms. The Morgan fingerprint density at radius 3 is 2.79 bits per heavy atom. The molecule has 7 nitrogen and oxygen atoms in total. The molecule has 1 saturated carbocycles. The van der Waals surface area contributed by atoms with Crippen LogP contribution in [0.4, 0.5) is 10.2 Å². The van der Waals surface area contributed by atoms with Crippen LogP contribution in [0.5, 0.6) is 0 Å². The van der Waals surface area contributed by atoms with Gasteiger partial charge in [0.1, 0.15) is 12.1 Å². The van der Waals surface area contributed by atoms with Gasteiger partial charge in [-0.3, -0.25) is 9.78 Å². The Hall–Kier alpha value is -3.16. The number of anilines is 1. The van der Waals surface area contributed by atoms with Gasteiger partial charge in [-0.2, -0.15) is 0 Å². The van der Waals surface area contributed by atoms with Crippen LogP contribution in [0.25, 0.3) is 5.82 Å². The summed E-state index contributed by atoms with van der Waals surface area (Å²) in [6.07, 6.45) is 7.33. The van der Waals surface area contributed by atoms with E-state index in [2.05, 4.69) is 25.4 Å². The molecule has 0 unspecified atom stereocenters. The Kier molecular flexibility index (Phi) is 3.30. The maximum absolute atomic E-state index is 14.0. The van der Waals surface area contributed by atoms with Crippen LogP contribution in [0, 0.1) is 5.82 Å². The fraction of sp³-hybridized carbons (Fsp3) is 0.188. The number of carbonyl (C=O) groups is 1. The van der Waals surface area contributed by atoms with Gasteiger partial charge in [-0.05, 0) is 25.0 Å². The summed E-state index contributed by atoms with van der Waals surface area (Å²) in [5.74, 6) is 0.202. The van der Waals surface area contributed by atoms with Crippen molar-refractivity contribution < 1.29 is 9.18 Å². The van der Waals surface area contributed by atoms with Gasteiger partial charge in [0, 0.05) is 30.7 Å². The molecule has 8 heteroatoms. The number of aromatic nitrogens is 5. The molecule has 0 bridgehead atoms. The highest BCUT2D eigenvalue weighted by Gasteiger charge is 2.54. The fourth-order valence-electron chi connectivity index (χ4n) is 2.61. The average Bonchev–Trinajstić information content (AvgIpc) is 3.29. The van der Waals surface area contributed by atoms with Crippen LogP contribution in [0.3, 0.4) is 0 Å². The molecular weight excluding hydrogens is 311 g/mol. The lowest BCUT2D eigenvalue weighted by atomic mass is 10.00. The van der Waals surface area contributed by atoms with Gasteiger partial charge in [-0.15, -0.1) is 5.10 Å². The van der Waals surface area contributed by atoms with Gasteiger partial charge in [0.25, 0.3) is 0 Å². The van der Waals surface area contributed by atoms with Crippen molar-refractivity contribution in [1.82, 2.24) is 24.7 Å². The molecular formula is C16H13FN6O. The largest absolute Gasteiger partial charge is 0.308 e. The van der Waals surface area contributed by atoms with Crippen LogP contribution in [0.15, 0.2) is 49.2 Å². The minimum Gasteiger partial charge on any atom is -0.308 e. The summed E-state index contributed by atoms with van der Waals surface area (Å²) >= 11 is 0. The van der Waals surface area contributed by atoms with Crippen molar-refractivity contribution in [2.45, 2.75) is 18.3 Å². The minimum absolute atomic E-state index is 0.192. The van der Waals surface area contributed by atoms with E-state index in [1.807, 2.05) is 0 Å². The lowest BCUT2D eigenvalue weighted by Gasteiger charge is -2.14. The predicted molar refractivity (Wildman–Crippen MR) is 82.9 cm³/mol. The van der Waals surface area contributed by atoms with Crippen molar-refractivity contribution in [3.63, 3.8) is 0 Å². The Morgan fingerprint density at radius 2 is 2.08 bits per heavy atom. The number of amides is 1. The van der Waals surface area contributed by atoms with Gasteiger partial charge in [0.2, 0.25) is 5.91 Å². The van der Waals surface area contributed by atoms with Gasteiger partial charge < -0.3 is 5.32 Å². The van der Waals surface area contributed by atoms with E-state index >= 15 is 0 Å². The summed E-state index contributed by atoms with van der Waals surface area (Å²) in [4.78, 5) is 24.6. The van der Waals surface area contributed by atoms with Crippen molar-refractivity contribution in [1.29, 1.82) is 0 Å². The lowest BCUT2D eigenvalue weighted by molar-refractivity contribution is -0.118. The smallest absolute Gasteiger partial charge is 0.237 e. The molecule has 0 saturated heterocycles. The van der Waals surface area contributed by atoms with E-state index in [9.17, 15) is 9.18 Å². The van der Waals surface area contributed by atoms with Gasteiger partial charge in [-0.25, -0.2) is 19.0 Å². The molecule has 4 rings (SSSR count). The molecule has 1 N–H and O–H groups in total. The molecule has 1 amide bonds. The summed E-state index contributed by atoms with van der Waals surface area (Å²) in [6.45, 7) is 0. The predicted octanol–water partition coefficient (Wildman–Crippen LogP) is 1.87. The van der Waals surface area contributed by atoms with E-state index < -0.39 is 11.2 Å². The SMILES string of the molecule is O=C(Nc1ccn(-c2ccncn2)n1)C1(c2ncccc2F)CC1. The number of rotatable bonds is 4. The summed E-state index contributed by atoms with van der Waals surface area (Å²) in [6, 6.07) is 6.19. The zero-order chi connectivity index (χ0) is 16.6. The molecule has 120 valence electrons. The first kappa shape index (κ1) is 14.4. The summed E-state index contributed by atoms with van der Waals surface area (Å²) < 4.78 is 15.5. The molecule has 1 aliphatic rings.